The second kappa shape index (κ2) is 6.77. The van der Waals surface area contributed by atoms with Crippen LogP contribution in [0.25, 0.3) is 11.0 Å². The maximum Gasteiger partial charge on any atom is 0.234 e. The van der Waals surface area contributed by atoms with Crippen LogP contribution in [-0.4, -0.2) is 36.4 Å². The third kappa shape index (κ3) is 3.22. The highest BCUT2D eigenvalue weighted by Gasteiger charge is 2.35. The van der Waals surface area contributed by atoms with Crippen LogP contribution in [0, 0.1) is 11.3 Å². The molecule has 0 aromatic carbocycles. The fourth-order valence-electron chi connectivity index (χ4n) is 3.01. The number of fused-ring (bicyclic) bond motifs is 1. The van der Waals surface area contributed by atoms with Gasteiger partial charge in [0.15, 0.2) is 5.65 Å². The van der Waals surface area contributed by atoms with Crippen LogP contribution in [0.3, 0.4) is 0 Å². The van der Waals surface area contributed by atoms with Gasteiger partial charge in [0.05, 0.1) is 22.9 Å². The number of carbonyl (C=O) groups is 1. The van der Waals surface area contributed by atoms with Gasteiger partial charge in [0, 0.05) is 7.05 Å². The SMILES string of the molecule is C[C@H](Sc1ncnc2c1cnn2C)C(=O)NC1(C#N)CCCCC1. The van der Waals surface area contributed by atoms with Crippen molar-refractivity contribution >= 4 is 28.7 Å². The summed E-state index contributed by atoms with van der Waals surface area (Å²) in [5.74, 6) is -0.126. The van der Waals surface area contributed by atoms with Gasteiger partial charge in [-0.25, -0.2) is 9.97 Å². The van der Waals surface area contributed by atoms with E-state index in [9.17, 15) is 10.1 Å². The Labute approximate surface area is 144 Å². The lowest BCUT2D eigenvalue weighted by Crippen LogP contribution is -2.50. The van der Waals surface area contributed by atoms with Gasteiger partial charge in [0.1, 0.15) is 16.9 Å². The quantitative estimate of drug-likeness (QED) is 0.674. The zero-order chi connectivity index (χ0) is 17.2. The van der Waals surface area contributed by atoms with Crippen molar-refractivity contribution in [2.75, 3.05) is 0 Å². The second-order valence-corrected chi connectivity index (χ2v) is 7.52. The first-order valence-electron chi connectivity index (χ1n) is 8.07. The van der Waals surface area contributed by atoms with Crippen molar-refractivity contribution < 1.29 is 4.79 Å². The third-order valence-electron chi connectivity index (χ3n) is 4.43. The molecule has 2 aromatic heterocycles. The van der Waals surface area contributed by atoms with E-state index in [2.05, 4.69) is 26.5 Å². The lowest BCUT2D eigenvalue weighted by atomic mass is 9.83. The predicted octanol–water partition coefficient (Wildman–Crippen LogP) is 2.19. The molecule has 0 spiro atoms. The van der Waals surface area contributed by atoms with Gasteiger partial charge in [0.25, 0.3) is 0 Å². The average molecular weight is 344 g/mol. The van der Waals surface area contributed by atoms with E-state index in [1.54, 1.807) is 10.9 Å². The number of aryl methyl sites for hydroxylation is 1. The predicted molar refractivity (Wildman–Crippen MR) is 91.2 cm³/mol. The fraction of sp³-hybridized carbons (Fsp3) is 0.562. The molecule has 2 aromatic rings. The lowest BCUT2D eigenvalue weighted by Gasteiger charge is -2.32. The molecule has 1 amide bonds. The highest BCUT2D eigenvalue weighted by Crippen LogP contribution is 2.30. The van der Waals surface area contributed by atoms with E-state index in [0.717, 1.165) is 48.2 Å². The normalized spacial score (nSPS) is 18.0. The van der Waals surface area contributed by atoms with Crippen molar-refractivity contribution in [1.29, 1.82) is 5.26 Å². The van der Waals surface area contributed by atoms with Gasteiger partial charge in [-0.05, 0) is 19.8 Å². The highest BCUT2D eigenvalue weighted by atomic mass is 32.2. The van der Waals surface area contributed by atoms with Crippen molar-refractivity contribution in [3.05, 3.63) is 12.5 Å². The minimum Gasteiger partial charge on any atom is -0.337 e. The summed E-state index contributed by atoms with van der Waals surface area (Å²) >= 11 is 1.37. The molecule has 0 saturated heterocycles. The zero-order valence-electron chi connectivity index (χ0n) is 13.8. The zero-order valence-corrected chi connectivity index (χ0v) is 14.6. The van der Waals surface area contributed by atoms with E-state index in [0.29, 0.717) is 0 Å². The Hall–Kier alpha value is -2.14. The van der Waals surface area contributed by atoms with E-state index >= 15 is 0 Å². The van der Waals surface area contributed by atoms with Crippen LogP contribution < -0.4 is 5.32 Å². The van der Waals surface area contributed by atoms with Gasteiger partial charge in [-0.2, -0.15) is 10.4 Å². The summed E-state index contributed by atoms with van der Waals surface area (Å²) in [7, 11) is 1.82. The minimum absolute atomic E-state index is 0.126. The average Bonchev–Trinajstić information content (AvgIpc) is 2.98. The number of nitrogens with zero attached hydrogens (tertiary/aromatic N) is 5. The van der Waals surface area contributed by atoms with Gasteiger partial charge in [0.2, 0.25) is 5.91 Å². The number of hydrogen-bond acceptors (Lipinski definition) is 6. The minimum atomic E-state index is -0.709. The van der Waals surface area contributed by atoms with Crippen LogP contribution in [0.4, 0.5) is 0 Å². The first-order valence-corrected chi connectivity index (χ1v) is 8.95. The molecule has 0 unspecified atom stereocenters. The maximum absolute atomic E-state index is 12.6. The Morgan fingerprint density at radius 3 is 2.88 bits per heavy atom. The van der Waals surface area contributed by atoms with E-state index in [4.69, 9.17) is 0 Å². The van der Waals surface area contributed by atoms with Gasteiger partial charge in [-0.15, -0.1) is 0 Å². The van der Waals surface area contributed by atoms with E-state index < -0.39 is 5.54 Å². The van der Waals surface area contributed by atoms with Crippen LogP contribution in [0.1, 0.15) is 39.0 Å². The number of nitriles is 1. The smallest absolute Gasteiger partial charge is 0.234 e. The summed E-state index contributed by atoms with van der Waals surface area (Å²) in [4.78, 5) is 21.1. The Kier molecular flexibility index (Phi) is 4.71. The van der Waals surface area contributed by atoms with Crippen molar-refractivity contribution in [3.63, 3.8) is 0 Å². The molecule has 3 rings (SSSR count). The molecule has 0 radical (unpaired) electrons. The third-order valence-corrected chi connectivity index (χ3v) is 5.55. The second-order valence-electron chi connectivity index (χ2n) is 6.19. The molecule has 1 aliphatic rings. The summed E-state index contributed by atoms with van der Waals surface area (Å²) in [5, 5.41) is 17.9. The molecule has 0 aliphatic heterocycles. The van der Waals surface area contributed by atoms with E-state index in [1.807, 2.05) is 14.0 Å². The lowest BCUT2D eigenvalue weighted by molar-refractivity contribution is -0.121. The summed E-state index contributed by atoms with van der Waals surface area (Å²) < 4.78 is 1.68. The first-order chi connectivity index (χ1) is 11.5. The summed E-state index contributed by atoms with van der Waals surface area (Å²) in [6.45, 7) is 1.83. The van der Waals surface area contributed by atoms with Gasteiger partial charge >= 0.3 is 0 Å². The Bertz CT molecular complexity index is 789. The molecule has 1 atom stereocenters. The number of nitrogens with one attached hydrogen (secondary N) is 1. The Morgan fingerprint density at radius 1 is 1.42 bits per heavy atom. The molecule has 8 heteroatoms. The van der Waals surface area contributed by atoms with Crippen LogP contribution in [0.15, 0.2) is 17.6 Å². The van der Waals surface area contributed by atoms with Crippen LogP contribution >= 0.6 is 11.8 Å². The van der Waals surface area contributed by atoms with Crippen LogP contribution in [0.5, 0.6) is 0 Å². The summed E-state index contributed by atoms with van der Waals surface area (Å²) in [6.07, 6.45) is 7.74. The number of rotatable bonds is 4. The molecule has 1 N–H and O–H groups in total. The van der Waals surface area contributed by atoms with Crippen molar-refractivity contribution in [2.24, 2.45) is 7.05 Å². The largest absolute Gasteiger partial charge is 0.337 e. The van der Waals surface area contributed by atoms with Gasteiger partial charge < -0.3 is 5.32 Å². The molecular formula is C16H20N6OS. The molecule has 2 heterocycles. The Morgan fingerprint density at radius 2 is 2.17 bits per heavy atom. The highest BCUT2D eigenvalue weighted by molar-refractivity contribution is 8.00. The molecular weight excluding hydrogens is 324 g/mol. The van der Waals surface area contributed by atoms with E-state index in [1.165, 1.54) is 18.1 Å². The van der Waals surface area contributed by atoms with E-state index in [-0.39, 0.29) is 11.2 Å². The summed E-state index contributed by atoms with van der Waals surface area (Å²) in [6, 6.07) is 2.32. The van der Waals surface area contributed by atoms with Crippen molar-refractivity contribution in [2.45, 2.75) is 54.8 Å². The molecule has 7 nitrogen and oxygen atoms in total. The molecule has 24 heavy (non-hydrogen) atoms. The van der Waals surface area contributed by atoms with Crippen molar-refractivity contribution in [1.82, 2.24) is 25.1 Å². The molecule has 126 valence electrons. The molecule has 1 aliphatic carbocycles. The number of aromatic nitrogens is 4. The van der Waals surface area contributed by atoms with Crippen LogP contribution in [-0.2, 0) is 11.8 Å². The maximum atomic E-state index is 12.6. The van der Waals surface area contributed by atoms with Gasteiger partial charge in [-0.1, -0.05) is 31.0 Å². The topological polar surface area (TPSA) is 96.5 Å². The van der Waals surface area contributed by atoms with Crippen molar-refractivity contribution in [3.8, 4) is 6.07 Å². The number of hydrogen-bond donors (Lipinski definition) is 1. The fourth-order valence-corrected chi connectivity index (χ4v) is 3.89. The standard InChI is InChI=1S/C16H20N6OS/c1-11(14(23)21-16(9-17)6-4-3-5-7-16)24-15-12-8-20-22(2)13(12)18-10-19-15/h8,10-11H,3-7H2,1-2H3,(H,21,23)/t11-/m0/s1. The summed E-state index contributed by atoms with van der Waals surface area (Å²) in [5.41, 5.74) is 0.0280. The van der Waals surface area contributed by atoms with Gasteiger partial charge in [-0.3, -0.25) is 9.48 Å². The molecule has 1 fully saturated rings. The Balaban J connectivity index is 1.73. The van der Waals surface area contributed by atoms with Crippen LogP contribution in [0.2, 0.25) is 0 Å². The first kappa shape index (κ1) is 16.7. The number of thioether (sulfide) groups is 1. The number of amides is 1. The number of carbonyl (C=O) groups excluding carboxylic acids is 1. The molecule has 0 bridgehead atoms. The molecule has 1 saturated carbocycles. The monoisotopic (exact) mass is 344 g/mol.